The Morgan fingerprint density at radius 1 is 1.18 bits per heavy atom. The van der Waals surface area contributed by atoms with Crippen LogP contribution in [0, 0.1) is 17.0 Å². The number of carbonyl (C=O) groups is 1. The Kier molecular flexibility index (Phi) is 5.62. The minimum Gasteiger partial charge on any atom is -0.297 e. The lowest BCUT2D eigenvalue weighted by molar-refractivity contribution is -0.380. The highest BCUT2D eigenvalue weighted by Gasteiger charge is 2.20. The quantitative estimate of drug-likeness (QED) is 0.393. The van der Waals surface area contributed by atoms with Gasteiger partial charge in [-0.2, -0.15) is 0 Å². The number of hydrogen-bond donors (Lipinski definition) is 1. The van der Waals surface area contributed by atoms with Gasteiger partial charge in [0.2, 0.25) is 0 Å². The van der Waals surface area contributed by atoms with Crippen LogP contribution in [-0.2, 0) is 5.41 Å². The third-order valence-corrected chi connectivity index (χ3v) is 6.76. The normalized spacial score (nSPS) is 11.4. The summed E-state index contributed by atoms with van der Waals surface area (Å²) in [6.07, 6.45) is 1.05. The van der Waals surface area contributed by atoms with Gasteiger partial charge in [-0.15, -0.1) is 11.3 Å². The zero-order valence-corrected chi connectivity index (χ0v) is 17.7. The van der Waals surface area contributed by atoms with E-state index in [-0.39, 0.29) is 15.3 Å². The molecule has 1 N–H and O–H groups in total. The van der Waals surface area contributed by atoms with Crippen LogP contribution in [0.3, 0.4) is 0 Å². The molecule has 0 radical (unpaired) electrons. The third kappa shape index (κ3) is 4.13. The molecule has 0 aliphatic rings. The maximum absolute atomic E-state index is 12.3. The molecule has 0 spiro atoms. The number of thiophene rings is 1. The Morgan fingerprint density at radius 2 is 1.86 bits per heavy atom. The van der Waals surface area contributed by atoms with Crippen LogP contribution in [0.25, 0.3) is 11.3 Å². The zero-order valence-electron chi connectivity index (χ0n) is 16.1. The number of anilines is 1. The maximum atomic E-state index is 12.3. The van der Waals surface area contributed by atoms with Crippen molar-refractivity contribution in [3.63, 3.8) is 0 Å². The SMILES string of the molecule is CCC(C)(C)c1ccc(-c2nc(NC(=O)c3ccc([N+](=O)[O-])s3)sc2C)cc1. The Balaban J connectivity index is 1.79. The van der Waals surface area contributed by atoms with Crippen LogP contribution in [0.4, 0.5) is 10.1 Å². The smallest absolute Gasteiger partial charge is 0.297 e. The summed E-state index contributed by atoms with van der Waals surface area (Å²) in [5, 5.41) is 13.9. The van der Waals surface area contributed by atoms with E-state index in [0.29, 0.717) is 5.13 Å². The molecule has 0 atom stereocenters. The standard InChI is InChI=1S/C20H21N3O3S2/c1-5-20(3,4)14-8-6-13(7-9-14)17-12(2)27-19(21-17)22-18(24)15-10-11-16(28-15)23(25)26/h6-11H,5H2,1-4H3,(H,21,22,24). The fourth-order valence-corrected chi connectivity index (χ4v) is 4.25. The molecular weight excluding hydrogens is 394 g/mol. The van der Waals surface area contributed by atoms with Crippen LogP contribution >= 0.6 is 22.7 Å². The lowest BCUT2D eigenvalue weighted by Gasteiger charge is -2.23. The number of amides is 1. The number of nitrogens with zero attached hydrogens (tertiary/aromatic N) is 2. The molecule has 1 amide bonds. The number of aromatic nitrogens is 1. The van der Waals surface area contributed by atoms with Crippen molar-refractivity contribution in [1.82, 2.24) is 4.98 Å². The number of hydrogen-bond acceptors (Lipinski definition) is 6. The van der Waals surface area contributed by atoms with Gasteiger partial charge in [0.1, 0.15) is 0 Å². The summed E-state index contributed by atoms with van der Waals surface area (Å²) < 4.78 is 0. The molecule has 3 rings (SSSR count). The van der Waals surface area contributed by atoms with Gasteiger partial charge in [-0.25, -0.2) is 4.98 Å². The van der Waals surface area contributed by atoms with Gasteiger partial charge in [0.05, 0.1) is 15.5 Å². The highest BCUT2D eigenvalue weighted by atomic mass is 32.1. The van der Waals surface area contributed by atoms with E-state index in [0.717, 1.165) is 33.9 Å². The summed E-state index contributed by atoms with van der Waals surface area (Å²) in [5.41, 5.74) is 3.23. The van der Waals surface area contributed by atoms with Crippen molar-refractivity contribution in [2.45, 2.75) is 39.5 Å². The van der Waals surface area contributed by atoms with Crippen LogP contribution in [0.1, 0.15) is 47.3 Å². The number of benzene rings is 1. The molecule has 8 heteroatoms. The molecule has 28 heavy (non-hydrogen) atoms. The van der Waals surface area contributed by atoms with Gasteiger partial charge >= 0.3 is 5.00 Å². The van der Waals surface area contributed by atoms with E-state index in [1.807, 2.05) is 6.92 Å². The minimum absolute atomic E-state index is 0.0590. The van der Waals surface area contributed by atoms with Gasteiger partial charge in [0.15, 0.2) is 5.13 Å². The molecule has 0 saturated carbocycles. The highest BCUT2D eigenvalue weighted by Crippen LogP contribution is 2.33. The molecule has 6 nitrogen and oxygen atoms in total. The molecule has 0 aliphatic carbocycles. The molecular formula is C20H21N3O3S2. The zero-order chi connectivity index (χ0) is 20.5. The third-order valence-electron chi connectivity index (χ3n) is 4.84. The van der Waals surface area contributed by atoms with Gasteiger partial charge in [-0.1, -0.05) is 56.4 Å². The number of nitrogens with one attached hydrogen (secondary N) is 1. The summed E-state index contributed by atoms with van der Waals surface area (Å²) in [4.78, 5) is 28.5. The minimum atomic E-state index is -0.503. The lowest BCUT2D eigenvalue weighted by atomic mass is 9.82. The summed E-state index contributed by atoms with van der Waals surface area (Å²) in [6, 6.07) is 11.2. The fraction of sp³-hybridized carbons (Fsp3) is 0.300. The van der Waals surface area contributed by atoms with Crippen molar-refractivity contribution in [1.29, 1.82) is 0 Å². The van der Waals surface area contributed by atoms with Crippen LogP contribution in [-0.4, -0.2) is 15.8 Å². The number of aryl methyl sites for hydroxylation is 1. The molecule has 3 aromatic rings. The summed E-state index contributed by atoms with van der Waals surface area (Å²) in [5.74, 6) is -0.390. The molecule has 2 heterocycles. The van der Waals surface area contributed by atoms with E-state index >= 15 is 0 Å². The number of carbonyl (C=O) groups excluding carboxylic acids is 1. The van der Waals surface area contributed by atoms with Crippen molar-refractivity contribution >= 4 is 38.7 Å². The topological polar surface area (TPSA) is 85.1 Å². The van der Waals surface area contributed by atoms with Gasteiger partial charge in [-0.3, -0.25) is 20.2 Å². The summed E-state index contributed by atoms with van der Waals surface area (Å²) in [6.45, 7) is 8.58. The predicted octanol–water partition coefficient (Wildman–Crippen LogP) is 6.03. The Hall–Kier alpha value is -2.58. The van der Waals surface area contributed by atoms with Gasteiger partial charge < -0.3 is 0 Å². The van der Waals surface area contributed by atoms with Gasteiger partial charge in [-0.05, 0) is 30.4 Å². The van der Waals surface area contributed by atoms with Crippen molar-refractivity contribution in [3.8, 4) is 11.3 Å². The number of rotatable bonds is 6. The second-order valence-corrected chi connectivity index (χ2v) is 9.35. The molecule has 0 aliphatic heterocycles. The van der Waals surface area contributed by atoms with E-state index in [2.05, 4.69) is 55.3 Å². The highest BCUT2D eigenvalue weighted by molar-refractivity contribution is 7.18. The second-order valence-electron chi connectivity index (χ2n) is 7.09. The van der Waals surface area contributed by atoms with Crippen LogP contribution < -0.4 is 5.32 Å². The van der Waals surface area contributed by atoms with Crippen molar-refractivity contribution < 1.29 is 9.72 Å². The Bertz CT molecular complexity index is 1020. The second kappa shape index (κ2) is 7.81. The monoisotopic (exact) mass is 415 g/mol. The molecule has 2 aromatic heterocycles. The Morgan fingerprint density at radius 3 is 2.43 bits per heavy atom. The molecule has 1 aromatic carbocycles. The first-order chi connectivity index (χ1) is 13.2. The van der Waals surface area contributed by atoms with E-state index in [1.165, 1.54) is 29.0 Å². The predicted molar refractivity (Wildman–Crippen MR) is 115 cm³/mol. The van der Waals surface area contributed by atoms with E-state index in [4.69, 9.17) is 0 Å². The first-order valence-corrected chi connectivity index (χ1v) is 10.5. The first kappa shape index (κ1) is 20.2. The molecule has 0 bridgehead atoms. The van der Waals surface area contributed by atoms with E-state index < -0.39 is 10.8 Å². The van der Waals surface area contributed by atoms with Crippen molar-refractivity contribution in [3.05, 3.63) is 61.8 Å². The number of thiazole rings is 1. The van der Waals surface area contributed by atoms with Crippen LogP contribution in [0.5, 0.6) is 0 Å². The Labute approximate surface area is 171 Å². The molecule has 146 valence electrons. The average Bonchev–Trinajstić information content (AvgIpc) is 3.29. The summed E-state index contributed by atoms with van der Waals surface area (Å²) in [7, 11) is 0. The van der Waals surface area contributed by atoms with Gasteiger partial charge in [0.25, 0.3) is 5.91 Å². The van der Waals surface area contributed by atoms with Crippen molar-refractivity contribution in [2.24, 2.45) is 0 Å². The van der Waals surface area contributed by atoms with Crippen LogP contribution in [0.15, 0.2) is 36.4 Å². The molecule has 0 saturated heterocycles. The molecule has 0 unspecified atom stereocenters. The van der Waals surface area contributed by atoms with Crippen LogP contribution in [0.2, 0.25) is 0 Å². The van der Waals surface area contributed by atoms with Gasteiger partial charge in [0, 0.05) is 16.5 Å². The first-order valence-electron chi connectivity index (χ1n) is 8.85. The number of nitro groups is 1. The van der Waals surface area contributed by atoms with E-state index in [9.17, 15) is 14.9 Å². The maximum Gasteiger partial charge on any atom is 0.324 e. The average molecular weight is 416 g/mol. The van der Waals surface area contributed by atoms with E-state index in [1.54, 1.807) is 0 Å². The lowest BCUT2D eigenvalue weighted by Crippen LogP contribution is -2.14. The summed E-state index contributed by atoms with van der Waals surface area (Å²) >= 11 is 2.23. The largest absolute Gasteiger partial charge is 0.324 e. The van der Waals surface area contributed by atoms with Crippen molar-refractivity contribution in [2.75, 3.05) is 5.32 Å². The fourth-order valence-electron chi connectivity index (χ4n) is 2.71. The molecule has 0 fully saturated rings.